The molecule has 2 fully saturated rings. The number of rotatable bonds is 2. The van der Waals surface area contributed by atoms with Crippen LogP contribution in [-0.4, -0.2) is 46.1 Å². The van der Waals surface area contributed by atoms with Crippen molar-refractivity contribution in [1.29, 1.82) is 0 Å². The molecule has 0 bridgehead atoms. The van der Waals surface area contributed by atoms with Gasteiger partial charge in [-0.05, 0) is 49.5 Å². The zero-order valence-corrected chi connectivity index (χ0v) is 12.5. The number of hydrogen-bond donors (Lipinski definition) is 1. The minimum Gasteiger partial charge on any atom is -0.369 e. The van der Waals surface area contributed by atoms with Crippen molar-refractivity contribution in [2.45, 2.75) is 18.8 Å². The highest BCUT2D eigenvalue weighted by atomic mass is 32.2. The first-order valence-electron chi connectivity index (χ1n) is 7.40. The molecule has 0 spiro atoms. The lowest BCUT2D eigenvalue weighted by atomic mass is 9.90. The molecule has 0 amide bonds. The quantitative estimate of drug-likeness (QED) is 0.895. The molecule has 2 saturated heterocycles. The Morgan fingerprint density at radius 1 is 1.00 bits per heavy atom. The van der Waals surface area contributed by atoms with Crippen molar-refractivity contribution in [2.75, 3.05) is 42.6 Å². The maximum Gasteiger partial charge on any atom is 0.153 e. The van der Waals surface area contributed by atoms with E-state index in [1.54, 1.807) is 0 Å². The summed E-state index contributed by atoms with van der Waals surface area (Å²) in [6, 6.07) is 8.73. The highest BCUT2D eigenvalue weighted by Crippen LogP contribution is 2.27. The third-order valence-electron chi connectivity index (χ3n) is 4.41. The van der Waals surface area contributed by atoms with Crippen LogP contribution in [0, 0.1) is 0 Å². The van der Waals surface area contributed by atoms with E-state index in [-0.39, 0.29) is 11.5 Å². The fourth-order valence-electron chi connectivity index (χ4n) is 3.08. The predicted octanol–water partition coefficient (Wildman–Crippen LogP) is 1.39. The van der Waals surface area contributed by atoms with Crippen LogP contribution >= 0.6 is 0 Å². The molecule has 2 heterocycles. The normalized spacial score (nSPS) is 23.7. The minimum absolute atomic E-state index is 0.281. The van der Waals surface area contributed by atoms with Crippen LogP contribution in [-0.2, 0) is 9.84 Å². The van der Waals surface area contributed by atoms with Gasteiger partial charge in [-0.1, -0.05) is 12.1 Å². The molecule has 0 aliphatic carbocycles. The molecule has 20 heavy (non-hydrogen) atoms. The molecule has 2 aliphatic rings. The maximum atomic E-state index is 11.5. The van der Waals surface area contributed by atoms with E-state index in [2.05, 4.69) is 34.5 Å². The number of piperidine rings is 1. The number of benzene rings is 1. The van der Waals surface area contributed by atoms with Gasteiger partial charge >= 0.3 is 0 Å². The molecule has 0 unspecified atom stereocenters. The first-order valence-corrected chi connectivity index (χ1v) is 9.22. The predicted molar refractivity (Wildman–Crippen MR) is 82.2 cm³/mol. The van der Waals surface area contributed by atoms with Crippen LogP contribution < -0.4 is 10.2 Å². The van der Waals surface area contributed by atoms with Crippen LogP contribution in [0.4, 0.5) is 5.69 Å². The standard InChI is InChI=1S/C15H22N2O2S/c18-20(19)11-9-17(10-12-20)15-3-1-13(2-4-15)14-5-7-16-8-6-14/h1-4,14,16H,5-12H2. The summed E-state index contributed by atoms with van der Waals surface area (Å²) in [4.78, 5) is 2.17. The third-order valence-corrected chi connectivity index (χ3v) is 6.02. The van der Waals surface area contributed by atoms with Crippen molar-refractivity contribution in [3.8, 4) is 0 Å². The van der Waals surface area contributed by atoms with Crippen molar-refractivity contribution in [3.63, 3.8) is 0 Å². The summed E-state index contributed by atoms with van der Waals surface area (Å²) in [6.45, 7) is 3.46. The summed E-state index contributed by atoms with van der Waals surface area (Å²) in [7, 11) is -2.80. The second-order valence-corrected chi connectivity index (χ2v) is 8.06. The second-order valence-electron chi connectivity index (χ2n) is 5.75. The lowest BCUT2D eigenvalue weighted by Crippen LogP contribution is -2.40. The minimum atomic E-state index is -2.80. The van der Waals surface area contributed by atoms with Gasteiger partial charge in [0.1, 0.15) is 0 Å². The Morgan fingerprint density at radius 2 is 1.60 bits per heavy atom. The number of anilines is 1. The van der Waals surface area contributed by atoms with Crippen molar-refractivity contribution < 1.29 is 8.42 Å². The molecule has 0 atom stereocenters. The van der Waals surface area contributed by atoms with Crippen LogP contribution in [0.25, 0.3) is 0 Å². The van der Waals surface area contributed by atoms with E-state index in [9.17, 15) is 8.42 Å². The van der Waals surface area contributed by atoms with E-state index in [4.69, 9.17) is 0 Å². The van der Waals surface area contributed by atoms with Crippen LogP contribution in [0.2, 0.25) is 0 Å². The molecule has 4 nitrogen and oxygen atoms in total. The number of nitrogens with one attached hydrogen (secondary N) is 1. The van der Waals surface area contributed by atoms with Crippen LogP contribution in [0.1, 0.15) is 24.3 Å². The average Bonchev–Trinajstić information content (AvgIpc) is 2.48. The molecular weight excluding hydrogens is 272 g/mol. The summed E-state index contributed by atoms with van der Waals surface area (Å²) in [5, 5.41) is 3.39. The van der Waals surface area contributed by atoms with Gasteiger partial charge in [0, 0.05) is 18.8 Å². The van der Waals surface area contributed by atoms with Gasteiger partial charge in [-0.15, -0.1) is 0 Å². The van der Waals surface area contributed by atoms with E-state index in [1.807, 2.05) is 0 Å². The molecule has 0 saturated carbocycles. The van der Waals surface area contributed by atoms with Gasteiger partial charge in [-0.3, -0.25) is 0 Å². The largest absolute Gasteiger partial charge is 0.369 e. The van der Waals surface area contributed by atoms with Crippen LogP contribution in [0.3, 0.4) is 0 Å². The van der Waals surface area contributed by atoms with Crippen molar-refractivity contribution >= 4 is 15.5 Å². The van der Waals surface area contributed by atoms with Crippen LogP contribution in [0.15, 0.2) is 24.3 Å². The van der Waals surface area contributed by atoms with E-state index in [1.165, 1.54) is 18.4 Å². The van der Waals surface area contributed by atoms with E-state index >= 15 is 0 Å². The molecule has 0 aromatic heterocycles. The first-order chi connectivity index (χ1) is 9.64. The summed E-state index contributed by atoms with van der Waals surface area (Å²) in [5.74, 6) is 1.23. The zero-order chi connectivity index (χ0) is 14.0. The highest BCUT2D eigenvalue weighted by Gasteiger charge is 2.22. The fraction of sp³-hybridized carbons (Fsp3) is 0.600. The van der Waals surface area contributed by atoms with E-state index in [0.717, 1.165) is 18.8 Å². The SMILES string of the molecule is O=S1(=O)CCN(c2ccc(C3CCNCC3)cc2)CC1. The Hall–Kier alpha value is -1.07. The topological polar surface area (TPSA) is 49.4 Å². The average molecular weight is 294 g/mol. The van der Waals surface area contributed by atoms with Gasteiger partial charge in [-0.25, -0.2) is 8.42 Å². The van der Waals surface area contributed by atoms with Crippen molar-refractivity contribution in [2.24, 2.45) is 0 Å². The Kier molecular flexibility index (Phi) is 3.98. The van der Waals surface area contributed by atoms with E-state index in [0.29, 0.717) is 19.0 Å². The number of nitrogens with zero attached hydrogens (tertiary/aromatic N) is 1. The Labute approximate surface area is 121 Å². The molecule has 1 aromatic carbocycles. The Bertz CT molecular complexity index is 534. The van der Waals surface area contributed by atoms with Crippen molar-refractivity contribution in [1.82, 2.24) is 5.32 Å². The molecular formula is C15H22N2O2S. The second kappa shape index (κ2) is 5.74. The lowest BCUT2D eigenvalue weighted by Gasteiger charge is -2.29. The molecule has 110 valence electrons. The monoisotopic (exact) mass is 294 g/mol. The number of hydrogen-bond acceptors (Lipinski definition) is 4. The molecule has 5 heteroatoms. The Balaban J connectivity index is 1.67. The Morgan fingerprint density at radius 3 is 2.20 bits per heavy atom. The smallest absolute Gasteiger partial charge is 0.153 e. The summed E-state index contributed by atoms with van der Waals surface area (Å²) in [5.41, 5.74) is 2.57. The highest BCUT2D eigenvalue weighted by molar-refractivity contribution is 7.91. The molecule has 3 rings (SSSR count). The fourth-order valence-corrected chi connectivity index (χ4v) is 4.28. The zero-order valence-electron chi connectivity index (χ0n) is 11.7. The van der Waals surface area contributed by atoms with Gasteiger partial charge in [-0.2, -0.15) is 0 Å². The van der Waals surface area contributed by atoms with Crippen molar-refractivity contribution in [3.05, 3.63) is 29.8 Å². The molecule has 1 aromatic rings. The number of sulfone groups is 1. The van der Waals surface area contributed by atoms with Gasteiger partial charge in [0.25, 0.3) is 0 Å². The molecule has 1 N–H and O–H groups in total. The summed E-state index contributed by atoms with van der Waals surface area (Å²) >= 11 is 0. The van der Waals surface area contributed by atoms with Gasteiger partial charge in [0.05, 0.1) is 11.5 Å². The summed E-state index contributed by atoms with van der Waals surface area (Å²) in [6.07, 6.45) is 2.42. The first kappa shape index (κ1) is 13.9. The van der Waals surface area contributed by atoms with Gasteiger partial charge < -0.3 is 10.2 Å². The molecule has 0 radical (unpaired) electrons. The van der Waals surface area contributed by atoms with Gasteiger partial charge in [0.2, 0.25) is 0 Å². The van der Waals surface area contributed by atoms with Crippen LogP contribution in [0.5, 0.6) is 0 Å². The van der Waals surface area contributed by atoms with Gasteiger partial charge in [0.15, 0.2) is 9.84 Å². The molecule has 2 aliphatic heterocycles. The summed E-state index contributed by atoms with van der Waals surface area (Å²) < 4.78 is 22.9. The van der Waals surface area contributed by atoms with E-state index < -0.39 is 9.84 Å². The lowest BCUT2D eigenvalue weighted by molar-refractivity contribution is 0.460. The third kappa shape index (κ3) is 3.15. The maximum absolute atomic E-state index is 11.5.